The van der Waals surface area contributed by atoms with Crippen LogP contribution in [0.5, 0.6) is 5.75 Å². The van der Waals surface area contributed by atoms with Gasteiger partial charge in [0.1, 0.15) is 11.8 Å². The fourth-order valence-corrected chi connectivity index (χ4v) is 3.57. The summed E-state index contributed by atoms with van der Waals surface area (Å²) in [6.45, 7) is 9.14. The number of carbonyl (C=O) groups excluding carboxylic acids is 2. The Balaban J connectivity index is 2.15. The molecule has 5 heteroatoms. The van der Waals surface area contributed by atoms with E-state index in [9.17, 15) is 9.59 Å². The molecule has 0 saturated carbocycles. The summed E-state index contributed by atoms with van der Waals surface area (Å²) in [6.07, 6.45) is 2.10. The Morgan fingerprint density at radius 2 is 1.68 bits per heavy atom. The summed E-state index contributed by atoms with van der Waals surface area (Å²) in [5.41, 5.74) is 2.20. The second-order valence-corrected chi connectivity index (χ2v) is 8.02. The number of hydrogen-bond acceptors (Lipinski definition) is 3. The molecule has 1 atom stereocenters. The summed E-state index contributed by atoms with van der Waals surface area (Å²) >= 11 is 0. The molecule has 2 amide bonds. The highest BCUT2D eigenvalue weighted by Crippen LogP contribution is 2.26. The fourth-order valence-electron chi connectivity index (χ4n) is 3.57. The minimum atomic E-state index is -0.508. The van der Waals surface area contributed by atoms with Gasteiger partial charge in [-0.05, 0) is 42.4 Å². The van der Waals surface area contributed by atoms with Crippen molar-refractivity contribution in [3.05, 3.63) is 65.7 Å². The molecule has 0 aromatic heterocycles. The zero-order valence-corrected chi connectivity index (χ0v) is 19.3. The van der Waals surface area contributed by atoms with E-state index in [0.717, 1.165) is 23.3 Å². The van der Waals surface area contributed by atoms with E-state index in [2.05, 4.69) is 19.2 Å². The third-order valence-corrected chi connectivity index (χ3v) is 5.31. The maximum atomic E-state index is 13.2. The van der Waals surface area contributed by atoms with Crippen molar-refractivity contribution in [3.63, 3.8) is 0 Å². The number of amides is 2. The second-order valence-electron chi connectivity index (χ2n) is 8.02. The average molecular weight is 425 g/mol. The topological polar surface area (TPSA) is 58.6 Å². The van der Waals surface area contributed by atoms with E-state index in [1.807, 2.05) is 68.4 Å². The SMILES string of the molecule is CCCNC(=O)[C@H](CC)N(CCc1ccccc1)C(=O)COc1ccccc1C(C)C. The standard InChI is InChI=1S/C26H36N2O3/c1-5-17-27-26(30)23(6-2)28(18-16-21-12-8-7-9-13-21)25(29)19-31-24-15-11-10-14-22(24)20(3)4/h7-15,20,23H,5-6,16-19H2,1-4H3,(H,27,30)/t23-/m0/s1. The van der Waals surface area contributed by atoms with E-state index in [-0.39, 0.29) is 18.4 Å². The first-order valence-electron chi connectivity index (χ1n) is 11.3. The summed E-state index contributed by atoms with van der Waals surface area (Å²) in [5.74, 6) is 0.738. The monoisotopic (exact) mass is 424 g/mol. The second kappa shape index (κ2) is 12.8. The van der Waals surface area contributed by atoms with Gasteiger partial charge in [0.05, 0.1) is 0 Å². The highest BCUT2D eigenvalue weighted by Gasteiger charge is 2.28. The average Bonchev–Trinajstić information content (AvgIpc) is 2.79. The third kappa shape index (κ3) is 7.42. The van der Waals surface area contributed by atoms with Crippen molar-refractivity contribution in [2.45, 2.75) is 58.9 Å². The summed E-state index contributed by atoms with van der Waals surface area (Å²) in [6, 6.07) is 17.3. The van der Waals surface area contributed by atoms with Crippen molar-refractivity contribution in [3.8, 4) is 5.75 Å². The van der Waals surface area contributed by atoms with Gasteiger partial charge in [-0.2, -0.15) is 0 Å². The molecule has 0 spiro atoms. The first-order valence-corrected chi connectivity index (χ1v) is 11.3. The third-order valence-electron chi connectivity index (χ3n) is 5.31. The van der Waals surface area contributed by atoms with Gasteiger partial charge < -0.3 is 15.0 Å². The maximum absolute atomic E-state index is 13.2. The van der Waals surface area contributed by atoms with Gasteiger partial charge in [0.15, 0.2) is 6.61 Å². The van der Waals surface area contributed by atoms with E-state index in [1.165, 1.54) is 0 Å². The Kier molecular flexibility index (Phi) is 10.1. The van der Waals surface area contributed by atoms with Gasteiger partial charge in [-0.15, -0.1) is 0 Å². The molecule has 0 bridgehead atoms. The van der Waals surface area contributed by atoms with Crippen molar-refractivity contribution < 1.29 is 14.3 Å². The van der Waals surface area contributed by atoms with E-state index >= 15 is 0 Å². The summed E-state index contributed by atoms with van der Waals surface area (Å²) in [7, 11) is 0. The molecule has 0 unspecified atom stereocenters. The number of nitrogens with one attached hydrogen (secondary N) is 1. The molecule has 1 N–H and O–H groups in total. The van der Waals surface area contributed by atoms with Crippen LogP contribution in [0.2, 0.25) is 0 Å². The van der Waals surface area contributed by atoms with E-state index in [0.29, 0.717) is 31.8 Å². The van der Waals surface area contributed by atoms with Crippen molar-refractivity contribution in [2.75, 3.05) is 19.7 Å². The van der Waals surface area contributed by atoms with Crippen LogP contribution in [0.15, 0.2) is 54.6 Å². The lowest BCUT2D eigenvalue weighted by Gasteiger charge is -2.30. The molecule has 0 aliphatic carbocycles. The van der Waals surface area contributed by atoms with Crippen LogP contribution >= 0.6 is 0 Å². The quantitative estimate of drug-likeness (QED) is 0.543. The van der Waals surface area contributed by atoms with Crippen molar-refractivity contribution >= 4 is 11.8 Å². The van der Waals surface area contributed by atoms with Gasteiger partial charge in [0, 0.05) is 13.1 Å². The molecular formula is C26H36N2O3. The Bertz CT molecular complexity index is 820. The van der Waals surface area contributed by atoms with Crippen LogP contribution in [-0.2, 0) is 16.0 Å². The van der Waals surface area contributed by atoms with Crippen LogP contribution in [-0.4, -0.2) is 42.5 Å². The van der Waals surface area contributed by atoms with Gasteiger partial charge in [-0.3, -0.25) is 9.59 Å². The number of nitrogens with zero attached hydrogens (tertiary/aromatic N) is 1. The van der Waals surface area contributed by atoms with Gasteiger partial charge >= 0.3 is 0 Å². The molecule has 0 radical (unpaired) electrons. The van der Waals surface area contributed by atoms with Gasteiger partial charge in [0.25, 0.3) is 5.91 Å². The molecule has 5 nitrogen and oxygen atoms in total. The van der Waals surface area contributed by atoms with Crippen molar-refractivity contribution in [2.24, 2.45) is 0 Å². The Morgan fingerprint density at radius 1 is 1.00 bits per heavy atom. The fraction of sp³-hybridized carbons (Fsp3) is 0.462. The Morgan fingerprint density at radius 3 is 2.32 bits per heavy atom. The van der Waals surface area contributed by atoms with E-state index in [4.69, 9.17) is 4.74 Å². The normalized spacial score (nSPS) is 11.8. The Labute approximate surface area is 186 Å². The highest BCUT2D eigenvalue weighted by atomic mass is 16.5. The molecule has 0 aliphatic rings. The predicted molar refractivity (Wildman–Crippen MR) is 125 cm³/mol. The zero-order valence-electron chi connectivity index (χ0n) is 19.3. The number of rotatable bonds is 12. The van der Waals surface area contributed by atoms with Gasteiger partial charge in [0.2, 0.25) is 5.91 Å². The highest BCUT2D eigenvalue weighted by molar-refractivity contribution is 5.88. The lowest BCUT2D eigenvalue weighted by atomic mass is 10.0. The number of ether oxygens (including phenoxy) is 1. The molecule has 31 heavy (non-hydrogen) atoms. The van der Waals surface area contributed by atoms with Gasteiger partial charge in [-0.25, -0.2) is 0 Å². The summed E-state index contributed by atoms with van der Waals surface area (Å²) < 4.78 is 5.93. The molecule has 0 heterocycles. The van der Waals surface area contributed by atoms with Crippen LogP contribution in [0.1, 0.15) is 57.6 Å². The molecule has 2 rings (SSSR count). The first kappa shape index (κ1) is 24.4. The van der Waals surface area contributed by atoms with E-state index < -0.39 is 6.04 Å². The molecule has 0 aliphatic heterocycles. The van der Waals surface area contributed by atoms with Gasteiger partial charge in [-0.1, -0.05) is 76.2 Å². The molecular weight excluding hydrogens is 388 g/mol. The number of benzene rings is 2. The minimum absolute atomic E-state index is 0.0872. The smallest absolute Gasteiger partial charge is 0.261 e. The summed E-state index contributed by atoms with van der Waals surface area (Å²) in [5, 5.41) is 2.94. The molecule has 0 saturated heterocycles. The Hall–Kier alpha value is -2.82. The number of hydrogen-bond donors (Lipinski definition) is 1. The molecule has 168 valence electrons. The molecule has 2 aromatic rings. The van der Waals surface area contributed by atoms with Crippen LogP contribution in [0.25, 0.3) is 0 Å². The van der Waals surface area contributed by atoms with Crippen molar-refractivity contribution in [1.29, 1.82) is 0 Å². The van der Waals surface area contributed by atoms with E-state index in [1.54, 1.807) is 4.90 Å². The molecule has 0 fully saturated rings. The van der Waals surface area contributed by atoms with Crippen LogP contribution in [0.4, 0.5) is 0 Å². The largest absolute Gasteiger partial charge is 0.483 e. The lowest BCUT2D eigenvalue weighted by molar-refractivity contribution is -0.142. The molecule has 2 aromatic carbocycles. The number of para-hydroxylation sites is 1. The first-order chi connectivity index (χ1) is 15.0. The van der Waals surface area contributed by atoms with Crippen LogP contribution in [0.3, 0.4) is 0 Å². The van der Waals surface area contributed by atoms with Crippen molar-refractivity contribution in [1.82, 2.24) is 10.2 Å². The van der Waals surface area contributed by atoms with Crippen LogP contribution < -0.4 is 10.1 Å². The summed E-state index contributed by atoms with van der Waals surface area (Å²) in [4.78, 5) is 27.7. The zero-order chi connectivity index (χ0) is 22.6. The minimum Gasteiger partial charge on any atom is -0.483 e. The lowest BCUT2D eigenvalue weighted by Crippen LogP contribution is -2.51. The predicted octanol–water partition coefficient (Wildman–Crippen LogP) is 4.56. The maximum Gasteiger partial charge on any atom is 0.261 e. The van der Waals surface area contributed by atoms with Crippen LogP contribution in [0, 0.1) is 0 Å². The number of carbonyl (C=O) groups is 2.